The number of nitrogens with one attached hydrogen (secondary N) is 2. The minimum Gasteiger partial charge on any atom is -0.354 e. The number of amides is 2. The fourth-order valence-electron chi connectivity index (χ4n) is 1.34. The lowest BCUT2D eigenvalue weighted by atomic mass is 10.2. The van der Waals surface area contributed by atoms with Gasteiger partial charge in [-0.2, -0.15) is 0 Å². The van der Waals surface area contributed by atoms with Gasteiger partial charge in [-0.3, -0.25) is 9.59 Å². The Bertz CT molecular complexity index is 476. The van der Waals surface area contributed by atoms with E-state index in [0.717, 1.165) is 0 Å². The number of hydrogen-bond donors (Lipinski definition) is 2. The van der Waals surface area contributed by atoms with Crippen LogP contribution in [0.3, 0.4) is 0 Å². The van der Waals surface area contributed by atoms with Gasteiger partial charge in [-0.15, -0.1) is 0 Å². The molecule has 0 aromatic heterocycles. The highest BCUT2D eigenvalue weighted by Crippen LogP contribution is 2.25. The van der Waals surface area contributed by atoms with Gasteiger partial charge in [-0.1, -0.05) is 43.1 Å². The third kappa shape index (κ3) is 4.73. The maximum Gasteiger partial charge on any atom is 0.252 e. The van der Waals surface area contributed by atoms with Gasteiger partial charge in [0.1, 0.15) is 0 Å². The first-order valence-corrected chi connectivity index (χ1v) is 6.69. The monoisotopic (exact) mass is 302 g/mol. The van der Waals surface area contributed by atoms with Crippen LogP contribution in [0.4, 0.5) is 0 Å². The summed E-state index contributed by atoms with van der Waals surface area (Å²) in [5.41, 5.74) is 0.323. The van der Waals surface area contributed by atoms with Crippen molar-refractivity contribution in [3.63, 3.8) is 0 Å². The number of carbonyl (C=O) groups is 2. The molecule has 0 unspecified atom stereocenters. The molecular formula is C13H16Cl2N2O2. The number of halogens is 2. The van der Waals surface area contributed by atoms with E-state index >= 15 is 0 Å². The Balaban J connectivity index is 2.44. The number of carbonyl (C=O) groups excluding carboxylic acids is 2. The first-order valence-electron chi connectivity index (χ1n) is 5.93. The van der Waals surface area contributed by atoms with Crippen molar-refractivity contribution >= 4 is 35.0 Å². The lowest BCUT2D eigenvalue weighted by molar-refractivity contribution is -0.123. The predicted molar refractivity (Wildman–Crippen MR) is 76.6 cm³/mol. The Morgan fingerprint density at radius 3 is 2.42 bits per heavy atom. The maximum absolute atomic E-state index is 11.8. The Kier molecular flexibility index (Phi) is 6.12. The van der Waals surface area contributed by atoms with Crippen LogP contribution in [0.2, 0.25) is 10.0 Å². The van der Waals surface area contributed by atoms with Crippen LogP contribution in [0.1, 0.15) is 24.2 Å². The van der Waals surface area contributed by atoms with E-state index in [1.807, 2.05) is 0 Å². The molecule has 0 saturated heterocycles. The van der Waals surface area contributed by atoms with Crippen molar-refractivity contribution in [3.05, 3.63) is 33.8 Å². The average molecular weight is 303 g/mol. The second-order valence-electron chi connectivity index (χ2n) is 4.30. The van der Waals surface area contributed by atoms with Gasteiger partial charge >= 0.3 is 0 Å². The maximum atomic E-state index is 11.8. The number of hydrogen-bond acceptors (Lipinski definition) is 2. The Labute approximate surface area is 122 Å². The van der Waals surface area contributed by atoms with Crippen molar-refractivity contribution in [1.29, 1.82) is 0 Å². The minimum absolute atomic E-state index is 0.0463. The molecule has 1 aromatic rings. The molecule has 0 aliphatic carbocycles. The van der Waals surface area contributed by atoms with Crippen LogP contribution < -0.4 is 10.6 Å². The zero-order chi connectivity index (χ0) is 14.4. The summed E-state index contributed by atoms with van der Waals surface area (Å²) >= 11 is 11.8. The van der Waals surface area contributed by atoms with E-state index in [1.165, 1.54) is 0 Å². The lowest BCUT2D eigenvalue weighted by Crippen LogP contribution is -2.36. The predicted octanol–water partition coefficient (Wildman–Crippen LogP) is 2.50. The molecule has 0 atom stereocenters. The summed E-state index contributed by atoms with van der Waals surface area (Å²) < 4.78 is 0. The molecular weight excluding hydrogens is 287 g/mol. The van der Waals surface area contributed by atoms with Crippen molar-refractivity contribution < 1.29 is 9.59 Å². The SMILES string of the molecule is CC(C)C(=O)NCCNC(=O)c1cccc(Cl)c1Cl. The second kappa shape index (κ2) is 7.36. The quantitative estimate of drug-likeness (QED) is 0.821. The van der Waals surface area contributed by atoms with E-state index in [2.05, 4.69) is 10.6 Å². The molecule has 0 aliphatic rings. The van der Waals surface area contributed by atoms with Gasteiger partial charge in [0, 0.05) is 19.0 Å². The number of benzene rings is 1. The molecule has 0 bridgehead atoms. The van der Waals surface area contributed by atoms with E-state index in [1.54, 1.807) is 32.0 Å². The molecule has 0 radical (unpaired) electrons. The average Bonchev–Trinajstić information content (AvgIpc) is 2.37. The van der Waals surface area contributed by atoms with E-state index in [4.69, 9.17) is 23.2 Å². The van der Waals surface area contributed by atoms with Crippen molar-refractivity contribution in [3.8, 4) is 0 Å². The summed E-state index contributed by atoms with van der Waals surface area (Å²) in [7, 11) is 0. The zero-order valence-electron chi connectivity index (χ0n) is 10.8. The topological polar surface area (TPSA) is 58.2 Å². The summed E-state index contributed by atoms with van der Waals surface area (Å²) in [4.78, 5) is 23.1. The molecule has 2 N–H and O–H groups in total. The molecule has 0 saturated carbocycles. The molecule has 1 rings (SSSR count). The van der Waals surface area contributed by atoms with Crippen molar-refractivity contribution in [2.24, 2.45) is 5.92 Å². The highest BCUT2D eigenvalue weighted by molar-refractivity contribution is 6.43. The Hall–Kier alpha value is -1.26. The molecule has 0 spiro atoms. The van der Waals surface area contributed by atoms with Gasteiger partial charge in [-0.25, -0.2) is 0 Å². The summed E-state index contributed by atoms with van der Waals surface area (Å²) in [6.45, 7) is 4.32. The summed E-state index contributed by atoms with van der Waals surface area (Å²) in [5.74, 6) is -0.431. The summed E-state index contributed by atoms with van der Waals surface area (Å²) in [6.07, 6.45) is 0. The number of rotatable bonds is 5. The van der Waals surface area contributed by atoms with Crippen LogP contribution in [0, 0.1) is 5.92 Å². The molecule has 6 heteroatoms. The van der Waals surface area contributed by atoms with Crippen molar-refractivity contribution in [1.82, 2.24) is 10.6 Å². The highest BCUT2D eigenvalue weighted by Gasteiger charge is 2.12. The van der Waals surface area contributed by atoms with E-state index in [0.29, 0.717) is 23.7 Å². The molecule has 1 aromatic carbocycles. The molecule has 0 heterocycles. The minimum atomic E-state index is -0.314. The smallest absolute Gasteiger partial charge is 0.252 e. The normalized spacial score (nSPS) is 10.4. The van der Waals surface area contributed by atoms with E-state index in [-0.39, 0.29) is 22.8 Å². The van der Waals surface area contributed by atoms with Crippen molar-refractivity contribution in [2.75, 3.05) is 13.1 Å². The molecule has 4 nitrogen and oxygen atoms in total. The second-order valence-corrected chi connectivity index (χ2v) is 5.09. The van der Waals surface area contributed by atoms with E-state index in [9.17, 15) is 9.59 Å². The van der Waals surface area contributed by atoms with Gasteiger partial charge < -0.3 is 10.6 Å². The largest absolute Gasteiger partial charge is 0.354 e. The van der Waals surface area contributed by atoms with Crippen LogP contribution in [0.15, 0.2) is 18.2 Å². The fraction of sp³-hybridized carbons (Fsp3) is 0.385. The van der Waals surface area contributed by atoms with Crippen LogP contribution in [0.25, 0.3) is 0 Å². The summed E-state index contributed by atoms with van der Waals surface area (Å²) in [6, 6.07) is 4.86. The van der Waals surface area contributed by atoms with Gasteiger partial charge in [-0.05, 0) is 12.1 Å². The standard InChI is InChI=1S/C13H16Cl2N2O2/c1-8(2)12(18)16-6-7-17-13(19)9-4-3-5-10(14)11(9)15/h3-5,8H,6-7H2,1-2H3,(H,16,18)(H,17,19). The van der Waals surface area contributed by atoms with Gasteiger partial charge in [0.05, 0.1) is 15.6 Å². The van der Waals surface area contributed by atoms with Crippen LogP contribution in [-0.4, -0.2) is 24.9 Å². The van der Waals surface area contributed by atoms with Crippen molar-refractivity contribution in [2.45, 2.75) is 13.8 Å². The van der Waals surface area contributed by atoms with E-state index < -0.39 is 0 Å². The van der Waals surface area contributed by atoms with Crippen LogP contribution >= 0.6 is 23.2 Å². The van der Waals surface area contributed by atoms with Gasteiger partial charge in [0.25, 0.3) is 5.91 Å². The molecule has 104 valence electrons. The molecule has 2 amide bonds. The van der Waals surface area contributed by atoms with Gasteiger partial charge in [0.15, 0.2) is 0 Å². The first-order chi connectivity index (χ1) is 8.93. The summed E-state index contributed by atoms with van der Waals surface area (Å²) in [5, 5.41) is 5.93. The van der Waals surface area contributed by atoms with Crippen LogP contribution in [0.5, 0.6) is 0 Å². The highest BCUT2D eigenvalue weighted by atomic mass is 35.5. The third-order valence-electron chi connectivity index (χ3n) is 2.43. The molecule has 0 fully saturated rings. The molecule has 0 aliphatic heterocycles. The lowest BCUT2D eigenvalue weighted by Gasteiger charge is -2.09. The fourth-order valence-corrected chi connectivity index (χ4v) is 1.73. The third-order valence-corrected chi connectivity index (χ3v) is 3.25. The Morgan fingerprint density at radius 1 is 1.16 bits per heavy atom. The first kappa shape index (κ1) is 15.8. The van der Waals surface area contributed by atoms with Gasteiger partial charge in [0.2, 0.25) is 5.91 Å². The zero-order valence-corrected chi connectivity index (χ0v) is 12.3. The van der Waals surface area contributed by atoms with Crippen LogP contribution in [-0.2, 0) is 4.79 Å². The molecule has 19 heavy (non-hydrogen) atoms. The Morgan fingerprint density at radius 2 is 1.79 bits per heavy atom.